The molecule has 0 saturated heterocycles. The maximum absolute atomic E-state index is 13.0. The van der Waals surface area contributed by atoms with Crippen molar-refractivity contribution in [2.24, 2.45) is 0 Å². The van der Waals surface area contributed by atoms with Crippen molar-refractivity contribution in [3.63, 3.8) is 0 Å². The molecule has 1 aromatic rings. The molecule has 84 valence electrons. The molecule has 0 atom stereocenters. The van der Waals surface area contributed by atoms with Crippen LogP contribution < -0.4 is 5.73 Å². The van der Waals surface area contributed by atoms with E-state index in [-0.39, 0.29) is 5.82 Å². The fourth-order valence-corrected chi connectivity index (χ4v) is 1.62. The van der Waals surface area contributed by atoms with Crippen LogP contribution in [0.3, 0.4) is 0 Å². The average Bonchev–Trinajstić information content (AvgIpc) is 2.22. The van der Waals surface area contributed by atoms with Crippen LogP contribution in [0.15, 0.2) is 18.2 Å². The Morgan fingerprint density at radius 3 is 2.67 bits per heavy atom. The fraction of sp³-hybridized carbons (Fsp3) is 0.500. The summed E-state index contributed by atoms with van der Waals surface area (Å²) in [5.41, 5.74) is 7.35. The van der Waals surface area contributed by atoms with Crippen LogP contribution in [0.25, 0.3) is 0 Å². The molecule has 1 rings (SSSR count). The number of hydrogen-bond acceptors (Lipinski definition) is 2. The Kier molecular flexibility index (Phi) is 4.56. The third-order valence-electron chi connectivity index (χ3n) is 2.49. The Hall–Kier alpha value is -1.09. The molecule has 0 unspecified atom stereocenters. The van der Waals surface area contributed by atoms with E-state index < -0.39 is 0 Å². The third-order valence-corrected chi connectivity index (χ3v) is 2.49. The second-order valence-electron chi connectivity index (χ2n) is 3.71. The number of nitrogens with zero attached hydrogens (tertiary/aromatic N) is 1. The Balaban J connectivity index is 2.73. The standard InChI is InChI=1S/C12H19FN2/c1-3-7-15(4-2)9-10-8-11(13)5-6-12(10)14/h5-6,8H,3-4,7,9,14H2,1-2H3. The van der Waals surface area contributed by atoms with Crippen molar-refractivity contribution in [3.05, 3.63) is 29.6 Å². The number of rotatable bonds is 5. The van der Waals surface area contributed by atoms with Gasteiger partial charge in [0, 0.05) is 12.2 Å². The van der Waals surface area contributed by atoms with Crippen molar-refractivity contribution >= 4 is 5.69 Å². The van der Waals surface area contributed by atoms with E-state index in [1.54, 1.807) is 6.07 Å². The Bertz CT molecular complexity index is 312. The Morgan fingerprint density at radius 2 is 2.07 bits per heavy atom. The highest BCUT2D eigenvalue weighted by atomic mass is 19.1. The van der Waals surface area contributed by atoms with Crippen molar-refractivity contribution in [1.29, 1.82) is 0 Å². The molecule has 2 N–H and O–H groups in total. The quantitative estimate of drug-likeness (QED) is 0.757. The smallest absolute Gasteiger partial charge is 0.123 e. The van der Waals surface area contributed by atoms with Crippen LogP contribution >= 0.6 is 0 Å². The maximum Gasteiger partial charge on any atom is 0.123 e. The van der Waals surface area contributed by atoms with Gasteiger partial charge in [0.25, 0.3) is 0 Å². The summed E-state index contributed by atoms with van der Waals surface area (Å²) in [4.78, 5) is 2.26. The molecular weight excluding hydrogens is 191 g/mol. The second-order valence-corrected chi connectivity index (χ2v) is 3.71. The lowest BCUT2D eigenvalue weighted by Gasteiger charge is -2.20. The topological polar surface area (TPSA) is 29.3 Å². The van der Waals surface area contributed by atoms with Gasteiger partial charge in [-0.2, -0.15) is 0 Å². The lowest BCUT2D eigenvalue weighted by molar-refractivity contribution is 0.281. The predicted molar refractivity (Wildman–Crippen MR) is 62.1 cm³/mol. The van der Waals surface area contributed by atoms with Crippen LogP contribution in [0, 0.1) is 5.82 Å². The summed E-state index contributed by atoms with van der Waals surface area (Å²) in [6.07, 6.45) is 1.10. The zero-order chi connectivity index (χ0) is 11.3. The molecule has 0 aliphatic carbocycles. The molecule has 15 heavy (non-hydrogen) atoms. The molecule has 0 saturated carbocycles. The largest absolute Gasteiger partial charge is 0.398 e. The molecular formula is C12H19FN2. The van der Waals surface area contributed by atoms with Gasteiger partial charge in [0.05, 0.1) is 0 Å². The SMILES string of the molecule is CCCN(CC)Cc1cc(F)ccc1N. The summed E-state index contributed by atoms with van der Waals surface area (Å²) in [5.74, 6) is -0.216. The zero-order valence-electron chi connectivity index (χ0n) is 9.46. The fourth-order valence-electron chi connectivity index (χ4n) is 1.62. The minimum atomic E-state index is -0.216. The Morgan fingerprint density at radius 1 is 1.33 bits per heavy atom. The average molecular weight is 210 g/mol. The van der Waals surface area contributed by atoms with Gasteiger partial charge in [-0.15, -0.1) is 0 Å². The predicted octanol–water partition coefficient (Wildman–Crippen LogP) is 2.64. The summed E-state index contributed by atoms with van der Waals surface area (Å²) >= 11 is 0. The minimum Gasteiger partial charge on any atom is -0.398 e. The molecule has 1 aromatic carbocycles. The van der Waals surface area contributed by atoms with Gasteiger partial charge in [0.15, 0.2) is 0 Å². The van der Waals surface area contributed by atoms with Crippen molar-refractivity contribution in [1.82, 2.24) is 4.90 Å². The summed E-state index contributed by atoms with van der Waals surface area (Å²) in [6, 6.07) is 4.55. The molecule has 2 nitrogen and oxygen atoms in total. The zero-order valence-corrected chi connectivity index (χ0v) is 9.46. The van der Waals surface area contributed by atoms with Crippen LogP contribution in [-0.2, 0) is 6.54 Å². The first kappa shape index (κ1) is 12.0. The highest BCUT2D eigenvalue weighted by Crippen LogP contribution is 2.15. The highest BCUT2D eigenvalue weighted by Gasteiger charge is 2.06. The van der Waals surface area contributed by atoms with Crippen molar-refractivity contribution in [2.75, 3.05) is 18.8 Å². The number of halogens is 1. The van der Waals surface area contributed by atoms with E-state index in [1.807, 2.05) is 0 Å². The first-order valence-electron chi connectivity index (χ1n) is 5.43. The lowest BCUT2D eigenvalue weighted by Crippen LogP contribution is -2.24. The molecule has 0 amide bonds. The maximum atomic E-state index is 13.0. The van der Waals surface area contributed by atoms with Crippen molar-refractivity contribution in [3.8, 4) is 0 Å². The van der Waals surface area contributed by atoms with E-state index in [2.05, 4.69) is 18.7 Å². The van der Waals surface area contributed by atoms with Gasteiger partial charge in [-0.1, -0.05) is 13.8 Å². The second kappa shape index (κ2) is 5.71. The number of hydrogen-bond donors (Lipinski definition) is 1. The van der Waals surface area contributed by atoms with Crippen LogP contribution in [0.1, 0.15) is 25.8 Å². The summed E-state index contributed by atoms with van der Waals surface area (Å²) in [5, 5.41) is 0. The molecule has 0 aliphatic rings. The first-order valence-corrected chi connectivity index (χ1v) is 5.43. The molecule has 0 aliphatic heterocycles. The monoisotopic (exact) mass is 210 g/mol. The number of benzene rings is 1. The van der Waals surface area contributed by atoms with Gasteiger partial charge in [-0.05, 0) is 43.3 Å². The molecule has 0 radical (unpaired) electrons. The van der Waals surface area contributed by atoms with E-state index in [0.29, 0.717) is 5.69 Å². The molecule has 0 aromatic heterocycles. The summed E-state index contributed by atoms with van der Waals surface area (Å²) < 4.78 is 13.0. The summed E-state index contributed by atoms with van der Waals surface area (Å²) in [6.45, 7) is 6.95. The highest BCUT2D eigenvalue weighted by molar-refractivity contribution is 5.46. The van der Waals surface area contributed by atoms with Gasteiger partial charge in [0.1, 0.15) is 5.82 Å². The van der Waals surface area contributed by atoms with Gasteiger partial charge in [-0.25, -0.2) is 4.39 Å². The van der Waals surface area contributed by atoms with Gasteiger partial charge < -0.3 is 5.73 Å². The van der Waals surface area contributed by atoms with Crippen LogP contribution in [0.5, 0.6) is 0 Å². The van der Waals surface area contributed by atoms with Gasteiger partial charge in [-0.3, -0.25) is 4.90 Å². The van der Waals surface area contributed by atoms with E-state index in [1.165, 1.54) is 12.1 Å². The third kappa shape index (κ3) is 3.51. The normalized spacial score (nSPS) is 10.9. The lowest BCUT2D eigenvalue weighted by atomic mass is 10.1. The van der Waals surface area contributed by atoms with Crippen molar-refractivity contribution in [2.45, 2.75) is 26.8 Å². The first-order chi connectivity index (χ1) is 7.17. The Labute approximate surface area is 90.9 Å². The van der Waals surface area contributed by atoms with E-state index in [4.69, 9.17) is 5.73 Å². The molecule has 3 heteroatoms. The van der Waals surface area contributed by atoms with Gasteiger partial charge >= 0.3 is 0 Å². The molecule has 0 bridgehead atoms. The summed E-state index contributed by atoms with van der Waals surface area (Å²) in [7, 11) is 0. The molecule has 0 heterocycles. The van der Waals surface area contributed by atoms with Crippen molar-refractivity contribution < 1.29 is 4.39 Å². The number of nitrogen functional groups attached to an aromatic ring is 1. The molecule has 0 fully saturated rings. The van der Waals surface area contributed by atoms with Crippen LogP contribution in [-0.4, -0.2) is 18.0 Å². The number of nitrogens with two attached hydrogens (primary N) is 1. The van der Waals surface area contributed by atoms with Crippen LogP contribution in [0.4, 0.5) is 10.1 Å². The minimum absolute atomic E-state index is 0.216. The van der Waals surface area contributed by atoms with Crippen LogP contribution in [0.2, 0.25) is 0 Å². The van der Waals surface area contributed by atoms with E-state index in [0.717, 1.165) is 31.6 Å². The number of anilines is 1. The molecule has 0 spiro atoms. The van der Waals surface area contributed by atoms with E-state index in [9.17, 15) is 4.39 Å². The van der Waals surface area contributed by atoms with E-state index >= 15 is 0 Å². The van der Waals surface area contributed by atoms with Gasteiger partial charge in [0.2, 0.25) is 0 Å².